The molecule has 168 valence electrons. The lowest BCUT2D eigenvalue weighted by Gasteiger charge is -2.35. The van der Waals surface area contributed by atoms with Crippen LogP contribution in [0.15, 0.2) is 60.7 Å². The van der Waals surface area contributed by atoms with Crippen LogP contribution in [0.5, 0.6) is 0 Å². The van der Waals surface area contributed by atoms with Gasteiger partial charge in [-0.15, -0.1) is 0 Å². The molecule has 1 saturated heterocycles. The van der Waals surface area contributed by atoms with Crippen molar-refractivity contribution < 1.29 is 4.39 Å². The summed E-state index contributed by atoms with van der Waals surface area (Å²) in [5.41, 5.74) is 6.73. The minimum atomic E-state index is -0.227. The number of anilines is 1. The molecule has 4 aromatic rings. The Bertz CT molecular complexity index is 1250. The smallest absolute Gasteiger partial charge is 0.158 e. The van der Waals surface area contributed by atoms with Gasteiger partial charge in [0, 0.05) is 36.0 Å². The van der Waals surface area contributed by atoms with Crippen molar-refractivity contribution in [1.82, 2.24) is 14.6 Å². The highest BCUT2D eigenvalue weighted by molar-refractivity contribution is 5.67. The number of hydrogen-bond acceptors (Lipinski definition) is 3. The first-order valence-corrected chi connectivity index (χ1v) is 12.2. The largest absolute Gasteiger partial charge is 0.356 e. The second-order valence-electron chi connectivity index (χ2n) is 9.49. The van der Waals surface area contributed by atoms with E-state index in [0.29, 0.717) is 0 Å². The van der Waals surface area contributed by atoms with Crippen LogP contribution in [0.3, 0.4) is 0 Å². The van der Waals surface area contributed by atoms with Gasteiger partial charge in [0.25, 0.3) is 0 Å². The molecule has 2 aromatic carbocycles. The summed E-state index contributed by atoms with van der Waals surface area (Å²) in [6, 6.07) is 19.5. The van der Waals surface area contributed by atoms with Gasteiger partial charge >= 0.3 is 0 Å². The first-order chi connectivity index (χ1) is 16.2. The van der Waals surface area contributed by atoms with Crippen molar-refractivity contribution in [2.75, 3.05) is 18.0 Å². The first kappa shape index (κ1) is 20.4. The van der Waals surface area contributed by atoms with Gasteiger partial charge in [-0.25, -0.2) is 9.37 Å². The Morgan fingerprint density at radius 3 is 2.45 bits per heavy atom. The van der Waals surface area contributed by atoms with Crippen LogP contribution in [0.2, 0.25) is 0 Å². The predicted octanol–water partition coefficient (Wildman–Crippen LogP) is 5.87. The third-order valence-corrected chi connectivity index (χ3v) is 7.27. The molecule has 1 fully saturated rings. The normalized spacial score (nSPS) is 16.8. The Hall–Kier alpha value is -3.21. The molecule has 0 radical (unpaired) electrons. The van der Waals surface area contributed by atoms with E-state index in [1.807, 2.05) is 6.07 Å². The zero-order valence-corrected chi connectivity index (χ0v) is 18.9. The Balaban J connectivity index is 1.33. The molecule has 5 heteroatoms. The summed E-state index contributed by atoms with van der Waals surface area (Å²) in [5, 5.41) is 4.97. The predicted molar refractivity (Wildman–Crippen MR) is 130 cm³/mol. The maximum absolute atomic E-state index is 13.4. The highest BCUT2D eigenvalue weighted by Crippen LogP contribution is 2.34. The number of aromatic nitrogens is 3. The van der Waals surface area contributed by atoms with Crippen LogP contribution in [0.1, 0.15) is 42.5 Å². The molecule has 0 atom stereocenters. The van der Waals surface area contributed by atoms with E-state index >= 15 is 0 Å². The summed E-state index contributed by atoms with van der Waals surface area (Å²) < 4.78 is 15.5. The summed E-state index contributed by atoms with van der Waals surface area (Å²) in [5.74, 6) is 1.74. The van der Waals surface area contributed by atoms with Crippen molar-refractivity contribution >= 4 is 11.5 Å². The van der Waals surface area contributed by atoms with Gasteiger partial charge in [0.1, 0.15) is 11.6 Å². The van der Waals surface area contributed by atoms with Gasteiger partial charge in [-0.05, 0) is 80.7 Å². The molecular weight excluding hydrogens is 411 g/mol. The monoisotopic (exact) mass is 440 g/mol. The number of fused-ring (bicyclic) bond motifs is 2. The average Bonchev–Trinajstić information content (AvgIpc) is 3.28. The highest BCUT2D eigenvalue weighted by atomic mass is 19.1. The van der Waals surface area contributed by atoms with Crippen molar-refractivity contribution in [3.8, 4) is 11.3 Å². The number of nitrogens with zero attached hydrogens (tertiary/aromatic N) is 4. The van der Waals surface area contributed by atoms with Gasteiger partial charge in [0.15, 0.2) is 5.65 Å². The van der Waals surface area contributed by atoms with E-state index in [1.54, 1.807) is 12.1 Å². The topological polar surface area (TPSA) is 33.4 Å². The van der Waals surface area contributed by atoms with Crippen molar-refractivity contribution in [2.45, 2.75) is 44.9 Å². The minimum Gasteiger partial charge on any atom is -0.356 e. The summed E-state index contributed by atoms with van der Waals surface area (Å²) in [6.45, 7) is 2.10. The molecular formula is C28H29FN4. The van der Waals surface area contributed by atoms with E-state index < -0.39 is 0 Å². The van der Waals surface area contributed by atoms with E-state index in [4.69, 9.17) is 10.1 Å². The van der Waals surface area contributed by atoms with Crippen LogP contribution in [0, 0.1) is 11.7 Å². The fourth-order valence-electron chi connectivity index (χ4n) is 5.51. The van der Waals surface area contributed by atoms with E-state index in [-0.39, 0.29) is 5.82 Å². The average molecular weight is 441 g/mol. The number of benzene rings is 2. The molecule has 4 nitrogen and oxygen atoms in total. The molecule has 0 bridgehead atoms. The lowest BCUT2D eigenvalue weighted by Crippen LogP contribution is -2.37. The Labute approximate surface area is 194 Å². The van der Waals surface area contributed by atoms with E-state index in [0.717, 1.165) is 55.2 Å². The standard InChI is InChI=1S/C28H29FN4/c29-23-12-10-22(11-13-23)26-19-27-30-25-9-5-4-8-24(25)28(33(27)31-26)32-16-14-21(15-17-32)18-20-6-2-1-3-7-20/h1-3,6-7,10-13,19,21H,4-5,8-9,14-18H2. The first-order valence-electron chi connectivity index (χ1n) is 12.2. The number of halogens is 1. The second-order valence-corrected chi connectivity index (χ2v) is 9.49. The van der Waals surface area contributed by atoms with Gasteiger partial charge in [-0.3, -0.25) is 0 Å². The van der Waals surface area contributed by atoms with Crippen molar-refractivity contribution in [3.05, 3.63) is 83.3 Å². The fourth-order valence-corrected chi connectivity index (χ4v) is 5.51. The van der Waals surface area contributed by atoms with E-state index in [9.17, 15) is 4.39 Å². The molecule has 33 heavy (non-hydrogen) atoms. The molecule has 2 aliphatic rings. The second kappa shape index (κ2) is 8.62. The van der Waals surface area contributed by atoms with Crippen LogP contribution in [-0.2, 0) is 19.3 Å². The van der Waals surface area contributed by atoms with Crippen LogP contribution >= 0.6 is 0 Å². The van der Waals surface area contributed by atoms with E-state index in [2.05, 4.69) is 39.7 Å². The third-order valence-electron chi connectivity index (χ3n) is 7.27. The molecule has 2 aromatic heterocycles. The lowest BCUT2D eigenvalue weighted by molar-refractivity contribution is 0.400. The quantitative estimate of drug-likeness (QED) is 0.398. The fraction of sp³-hybridized carbons (Fsp3) is 0.357. The Kier molecular flexibility index (Phi) is 5.33. The third kappa shape index (κ3) is 4.01. The molecule has 0 N–H and O–H groups in total. The summed E-state index contributed by atoms with van der Waals surface area (Å²) in [6.07, 6.45) is 8.08. The molecule has 0 unspecified atom stereocenters. The zero-order valence-electron chi connectivity index (χ0n) is 18.9. The van der Waals surface area contributed by atoms with Gasteiger partial charge in [0.05, 0.1) is 5.69 Å². The maximum Gasteiger partial charge on any atom is 0.158 e. The van der Waals surface area contributed by atoms with E-state index in [1.165, 1.54) is 60.5 Å². The van der Waals surface area contributed by atoms with Crippen molar-refractivity contribution in [3.63, 3.8) is 0 Å². The molecule has 1 aliphatic carbocycles. The molecule has 0 amide bonds. The molecule has 1 aliphatic heterocycles. The number of piperidine rings is 1. The Morgan fingerprint density at radius 2 is 1.67 bits per heavy atom. The van der Waals surface area contributed by atoms with Crippen molar-refractivity contribution in [2.24, 2.45) is 5.92 Å². The van der Waals surface area contributed by atoms with Gasteiger partial charge in [-0.2, -0.15) is 9.61 Å². The van der Waals surface area contributed by atoms with Gasteiger partial charge in [-0.1, -0.05) is 30.3 Å². The van der Waals surface area contributed by atoms with Gasteiger partial charge < -0.3 is 4.90 Å². The van der Waals surface area contributed by atoms with Crippen LogP contribution in [0.4, 0.5) is 10.2 Å². The number of aryl methyl sites for hydroxylation is 1. The summed E-state index contributed by atoms with van der Waals surface area (Å²) >= 11 is 0. The lowest BCUT2D eigenvalue weighted by atomic mass is 9.89. The van der Waals surface area contributed by atoms with Gasteiger partial charge in [0.2, 0.25) is 0 Å². The van der Waals surface area contributed by atoms with Crippen LogP contribution in [-0.4, -0.2) is 27.7 Å². The molecule has 0 spiro atoms. The van der Waals surface area contributed by atoms with Crippen LogP contribution < -0.4 is 4.90 Å². The maximum atomic E-state index is 13.4. The highest BCUT2D eigenvalue weighted by Gasteiger charge is 2.27. The molecule has 6 rings (SSSR count). The minimum absolute atomic E-state index is 0.227. The van der Waals surface area contributed by atoms with Crippen molar-refractivity contribution in [1.29, 1.82) is 0 Å². The number of rotatable bonds is 4. The number of hydrogen-bond donors (Lipinski definition) is 0. The van der Waals surface area contributed by atoms with Crippen LogP contribution in [0.25, 0.3) is 16.9 Å². The summed E-state index contributed by atoms with van der Waals surface area (Å²) in [4.78, 5) is 7.55. The SMILES string of the molecule is Fc1ccc(-c2cc3nc4c(c(N5CCC(Cc6ccccc6)CC5)n3n2)CCCC4)cc1. The zero-order chi connectivity index (χ0) is 22.2. The molecule has 0 saturated carbocycles. The summed E-state index contributed by atoms with van der Waals surface area (Å²) in [7, 11) is 0. The molecule has 3 heterocycles. The Morgan fingerprint density at radius 1 is 0.909 bits per heavy atom.